The Hall–Kier alpha value is -1.85. The minimum Gasteiger partial charge on any atom is -0.487 e. The summed E-state index contributed by atoms with van der Waals surface area (Å²) in [5.41, 5.74) is 2.45. The highest BCUT2D eigenvalue weighted by molar-refractivity contribution is 9.10. The van der Waals surface area contributed by atoms with E-state index in [1.807, 2.05) is 30.3 Å². The van der Waals surface area contributed by atoms with Gasteiger partial charge in [0.1, 0.15) is 12.4 Å². The topological polar surface area (TPSA) is 92.8 Å². The van der Waals surface area contributed by atoms with Gasteiger partial charge in [-0.05, 0) is 46.5 Å². The highest BCUT2D eigenvalue weighted by Crippen LogP contribution is 2.58. The largest absolute Gasteiger partial charge is 0.487 e. The summed E-state index contributed by atoms with van der Waals surface area (Å²) in [5, 5.41) is 0.283. The molecule has 0 aliphatic heterocycles. The van der Waals surface area contributed by atoms with Crippen molar-refractivity contribution in [1.82, 2.24) is 0 Å². The Balaban J connectivity index is 0.000000319. The number of fused-ring (bicyclic) bond motifs is 1. The molecule has 0 spiro atoms. The maximum atomic E-state index is 14.2. The molecule has 13 heteroatoms. The fourth-order valence-corrected chi connectivity index (χ4v) is 6.62. The SMILES string of the molecule is FC(F)(F)C1CCCCC1.NC(=O)c1cc(OCc2ccccc2)c2sc(C(F)(F)P(O)O)c(Br)c2c1. The van der Waals surface area contributed by atoms with Crippen LogP contribution in [0.3, 0.4) is 0 Å². The Morgan fingerprint density at radius 3 is 2.22 bits per heavy atom. The summed E-state index contributed by atoms with van der Waals surface area (Å²) in [6, 6.07) is 11.9. The third-order valence-corrected chi connectivity index (χ3v) is 9.06. The van der Waals surface area contributed by atoms with Gasteiger partial charge in [0.15, 0.2) is 0 Å². The molecule has 4 N–H and O–H groups in total. The molecule has 0 saturated heterocycles. The van der Waals surface area contributed by atoms with E-state index < -0.39 is 36.9 Å². The summed E-state index contributed by atoms with van der Waals surface area (Å²) in [4.78, 5) is 29.3. The molecule has 1 aliphatic carbocycles. The molecule has 4 rings (SSSR count). The van der Waals surface area contributed by atoms with Gasteiger partial charge in [0.2, 0.25) is 14.3 Å². The predicted molar refractivity (Wildman–Crippen MR) is 137 cm³/mol. The number of ether oxygens (including phenoxy) is 1. The van der Waals surface area contributed by atoms with Crippen LogP contribution in [0.15, 0.2) is 46.9 Å². The molecule has 1 aromatic heterocycles. The third-order valence-electron chi connectivity index (χ3n) is 5.81. The lowest BCUT2D eigenvalue weighted by atomic mass is 9.89. The molecule has 2 aromatic carbocycles. The van der Waals surface area contributed by atoms with Crippen LogP contribution in [0.4, 0.5) is 22.0 Å². The second-order valence-corrected chi connectivity index (χ2v) is 11.4. The van der Waals surface area contributed by atoms with Gasteiger partial charge < -0.3 is 20.3 Å². The van der Waals surface area contributed by atoms with E-state index in [0.717, 1.165) is 24.8 Å². The van der Waals surface area contributed by atoms with Gasteiger partial charge in [0.05, 0.1) is 15.5 Å². The maximum Gasteiger partial charge on any atom is 0.391 e. The van der Waals surface area contributed by atoms with E-state index >= 15 is 0 Å². The number of hydrogen-bond acceptors (Lipinski definition) is 5. The van der Waals surface area contributed by atoms with Gasteiger partial charge in [-0.2, -0.15) is 22.0 Å². The Morgan fingerprint density at radius 2 is 1.70 bits per heavy atom. The zero-order chi connectivity index (χ0) is 27.4. The number of hydrogen-bond donors (Lipinski definition) is 3. The second-order valence-electron chi connectivity index (χ2n) is 8.44. The van der Waals surface area contributed by atoms with Crippen molar-refractivity contribution in [3.63, 3.8) is 0 Å². The average Bonchev–Trinajstić information content (AvgIpc) is 3.20. The van der Waals surface area contributed by atoms with Crippen molar-refractivity contribution in [3.8, 4) is 5.75 Å². The van der Waals surface area contributed by atoms with Gasteiger partial charge in [0, 0.05) is 15.4 Å². The third kappa shape index (κ3) is 7.38. The average molecular weight is 628 g/mol. The highest BCUT2D eigenvalue weighted by atomic mass is 79.9. The van der Waals surface area contributed by atoms with Crippen LogP contribution in [0, 0.1) is 5.92 Å². The van der Waals surface area contributed by atoms with E-state index in [2.05, 4.69) is 15.9 Å². The molecule has 5 nitrogen and oxygen atoms in total. The van der Waals surface area contributed by atoms with Gasteiger partial charge >= 0.3 is 11.8 Å². The first-order chi connectivity index (χ1) is 17.3. The molecule has 3 aromatic rings. The van der Waals surface area contributed by atoms with Crippen LogP contribution in [0.1, 0.15) is 52.9 Å². The van der Waals surface area contributed by atoms with Gasteiger partial charge in [-0.1, -0.05) is 49.6 Å². The molecule has 0 atom stereocenters. The monoisotopic (exact) mass is 627 g/mol. The Kier molecular flexibility index (Phi) is 9.90. The number of thiophene rings is 1. The smallest absolute Gasteiger partial charge is 0.391 e. The zero-order valence-electron chi connectivity index (χ0n) is 19.3. The Bertz CT molecular complexity index is 1220. The molecule has 37 heavy (non-hydrogen) atoms. The molecular formula is C24H24BrF5NO4PS. The van der Waals surface area contributed by atoms with Gasteiger partial charge in [-0.15, -0.1) is 11.3 Å². The number of primary amides is 1. The summed E-state index contributed by atoms with van der Waals surface area (Å²) in [5.74, 6) is -1.53. The molecular weight excluding hydrogens is 604 g/mol. The number of carbonyl (C=O) groups is 1. The molecule has 1 amide bonds. The number of carbonyl (C=O) groups excluding carboxylic acids is 1. The summed E-state index contributed by atoms with van der Waals surface area (Å²) in [6.07, 6.45) is -0.742. The molecule has 0 bridgehead atoms. The van der Waals surface area contributed by atoms with Gasteiger partial charge in [-0.3, -0.25) is 4.79 Å². The van der Waals surface area contributed by atoms with Crippen LogP contribution in [0.25, 0.3) is 10.1 Å². The van der Waals surface area contributed by atoms with Crippen LogP contribution in [-0.2, 0) is 12.3 Å². The first-order valence-electron chi connectivity index (χ1n) is 11.2. The van der Waals surface area contributed by atoms with Crippen molar-refractivity contribution in [2.24, 2.45) is 11.7 Å². The molecule has 0 radical (unpaired) electrons. The van der Waals surface area contributed by atoms with E-state index in [4.69, 9.17) is 20.3 Å². The standard InChI is InChI=1S/C17H13BrF2NO4PS.C7H11F3/c18-13-11-6-10(16(21)22)7-12(25-8-9-4-2-1-3-5-9)14(11)27-15(13)17(19,20)26(23)24;8-7(9,10)6-4-2-1-3-5-6/h1-7,23-24H,8H2,(H2,21,22);6H,1-5H2. The van der Waals surface area contributed by atoms with Crippen molar-refractivity contribution in [2.75, 3.05) is 0 Å². The lowest BCUT2D eigenvalue weighted by molar-refractivity contribution is -0.181. The molecule has 1 saturated carbocycles. The number of nitrogens with two attached hydrogens (primary N) is 1. The van der Waals surface area contributed by atoms with Crippen molar-refractivity contribution < 1.29 is 41.3 Å². The quantitative estimate of drug-likeness (QED) is 0.192. The molecule has 202 valence electrons. The van der Waals surface area contributed by atoms with Crippen LogP contribution >= 0.6 is 35.6 Å². The molecule has 1 fully saturated rings. The molecule has 0 unspecified atom stereocenters. The fourth-order valence-electron chi connectivity index (χ4n) is 3.84. The van der Waals surface area contributed by atoms with Crippen molar-refractivity contribution in [1.29, 1.82) is 0 Å². The highest BCUT2D eigenvalue weighted by Gasteiger charge is 2.45. The second kappa shape index (κ2) is 12.3. The Morgan fingerprint density at radius 1 is 1.08 bits per heavy atom. The number of halogens is 6. The summed E-state index contributed by atoms with van der Waals surface area (Å²) >= 11 is 3.74. The maximum absolute atomic E-state index is 14.2. The Labute approximate surface area is 223 Å². The number of amides is 1. The molecule has 1 heterocycles. The predicted octanol–water partition coefficient (Wildman–Crippen LogP) is 7.82. The van der Waals surface area contributed by atoms with Crippen LogP contribution in [-0.4, -0.2) is 21.9 Å². The normalized spacial score (nSPS) is 14.9. The van der Waals surface area contributed by atoms with Crippen molar-refractivity contribution in [3.05, 3.63) is 62.9 Å². The van der Waals surface area contributed by atoms with Gasteiger partial charge in [0.25, 0.3) is 0 Å². The fraction of sp³-hybridized carbons (Fsp3) is 0.375. The number of rotatable bonds is 6. The van der Waals surface area contributed by atoms with E-state index in [9.17, 15) is 26.7 Å². The number of benzene rings is 2. The zero-order valence-corrected chi connectivity index (χ0v) is 22.6. The van der Waals surface area contributed by atoms with E-state index in [-0.39, 0.29) is 27.8 Å². The summed E-state index contributed by atoms with van der Waals surface area (Å²) in [7, 11) is -3.53. The van der Waals surface area contributed by atoms with E-state index in [1.54, 1.807) is 0 Å². The number of alkyl halides is 5. The van der Waals surface area contributed by atoms with Crippen LogP contribution < -0.4 is 10.5 Å². The first kappa shape index (κ1) is 29.7. The minimum absolute atomic E-state index is 0.0317. The summed E-state index contributed by atoms with van der Waals surface area (Å²) < 4.78 is 70.3. The van der Waals surface area contributed by atoms with Crippen molar-refractivity contribution in [2.45, 2.75) is 50.6 Å². The van der Waals surface area contributed by atoms with Gasteiger partial charge in [-0.25, -0.2) is 0 Å². The molecule has 1 aliphatic rings. The van der Waals surface area contributed by atoms with E-state index in [1.165, 1.54) is 12.1 Å². The first-order valence-corrected chi connectivity index (χ1v) is 14.0. The lowest BCUT2D eigenvalue weighted by Crippen LogP contribution is -2.24. The van der Waals surface area contributed by atoms with Crippen molar-refractivity contribution >= 4 is 51.6 Å². The minimum atomic E-state index is -3.93. The lowest BCUT2D eigenvalue weighted by Gasteiger charge is -2.23. The van der Waals surface area contributed by atoms with Crippen LogP contribution in [0.2, 0.25) is 0 Å². The van der Waals surface area contributed by atoms with Crippen LogP contribution in [0.5, 0.6) is 5.75 Å². The van der Waals surface area contributed by atoms with E-state index in [0.29, 0.717) is 28.9 Å². The summed E-state index contributed by atoms with van der Waals surface area (Å²) in [6.45, 7) is 0.159.